The summed E-state index contributed by atoms with van der Waals surface area (Å²) in [7, 11) is 0. The minimum absolute atomic E-state index is 0.0289. The summed E-state index contributed by atoms with van der Waals surface area (Å²) in [6.07, 6.45) is 0. The molecule has 1 aromatic heterocycles. The first-order valence-electron chi connectivity index (χ1n) is 5.45. The second-order valence-corrected chi connectivity index (χ2v) is 3.88. The lowest BCUT2D eigenvalue weighted by molar-refractivity contribution is -0.386. The van der Waals surface area contributed by atoms with Crippen molar-refractivity contribution in [2.24, 2.45) is 0 Å². The van der Waals surface area contributed by atoms with Crippen LogP contribution < -0.4 is 0 Å². The molecule has 6 heteroatoms. The number of benzene rings is 2. The van der Waals surface area contributed by atoms with Gasteiger partial charge in [0, 0.05) is 0 Å². The Balaban J connectivity index is 2.27. The number of oxazole rings is 1. The molecule has 0 spiro atoms. The Morgan fingerprint density at radius 3 is 2.68 bits per heavy atom. The van der Waals surface area contributed by atoms with Crippen molar-refractivity contribution in [3.63, 3.8) is 0 Å². The van der Waals surface area contributed by atoms with Crippen molar-refractivity contribution in [2.45, 2.75) is 0 Å². The van der Waals surface area contributed by atoms with Gasteiger partial charge < -0.3 is 4.42 Å². The number of hydrogen-bond acceptors (Lipinski definition) is 4. The summed E-state index contributed by atoms with van der Waals surface area (Å²) in [5.74, 6) is -0.878. The van der Waals surface area contributed by atoms with Crippen LogP contribution in [0.25, 0.3) is 22.6 Å². The maximum absolute atomic E-state index is 13.5. The third-order valence-corrected chi connectivity index (χ3v) is 2.69. The van der Waals surface area contributed by atoms with Crippen molar-refractivity contribution in [3.05, 3.63) is 58.4 Å². The summed E-state index contributed by atoms with van der Waals surface area (Å²) in [6, 6.07) is 10.8. The molecule has 19 heavy (non-hydrogen) atoms. The van der Waals surface area contributed by atoms with Crippen LogP contribution in [-0.4, -0.2) is 9.91 Å². The average molecular weight is 258 g/mol. The summed E-state index contributed by atoms with van der Waals surface area (Å²) in [6.45, 7) is 0. The van der Waals surface area contributed by atoms with Gasteiger partial charge in [-0.3, -0.25) is 10.1 Å². The van der Waals surface area contributed by atoms with Crippen LogP contribution in [0, 0.1) is 15.9 Å². The van der Waals surface area contributed by atoms with Crippen molar-refractivity contribution < 1.29 is 13.7 Å². The van der Waals surface area contributed by atoms with E-state index in [9.17, 15) is 14.5 Å². The Labute approximate surface area is 106 Å². The summed E-state index contributed by atoms with van der Waals surface area (Å²) in [5.41, 5.74) is 0.461. The van der Waals surface area contributed by atoms with E-state index in [4.69, 9.17) is 4.42 Å². The lowest BCUT2D eigenvalue weighted by atomic mass is 10.1. The fourth-order valence-corrected chi connectivity index (χ4v) is 1.86. The van der Waals surface area contributed by atoms with Gasteiger partial charge in [0.25, 0.3) is 0 Å². The van der Waals surface area contributed by atoms with E-state index in [-0.39, 0.29) is 11.5 Å². The second-order valence-electron chi connectivity index (χ2n) is 3.88. The molecule has 0 aliphatic carbocycles. The zero-order chi connectivity index (χ0) is 13.4. The number of para-hydroxylation sites is 3. The van der Waals surface area contributed by atoms with Gasteiger partial charge in [0.1, 0.15) is 11.1 Å². The molecule has 0 amide bonds. The van der Waals surface area contributed by atoms with Crippen LogP contribution in [-0.2, 0) is 0 Å². The van der Waals surface area contributed by atoms with E-state index in [0.717, 1.165) is 6.07 Å². The Bertz CT molecular complexity index is 749. The molecule has 0 radical (unpaired) electrons. The zero-order valence-electron chi connectivity index (χ0n) is 9.54. The monoisotopic (exact) mass is 258 g/mol. The zero-order valence-corrected chi connectivity index (χ0v) is 9.54. The predicted molar refractivity (Wildman–Crippen MR) is 66.1 cm³/mol. The lowest BCUT2D eigenvalue weighted by Gasteiger charge is -1.98. The highest BCUT2D eigenvalue weighted by Gasteiger charge is 2.24. The highest BCUT2D eigenvalue weighted by molar-refractivity contribution is 5.78. The van der Waals surface area contributed by atoms with E-state index in [1.165, 1.54) is 12.1 Å². The first kappa shape index (κ1) is 11.3. The van der Waals surface area contributed by atoms with Gasteiger partial charge >= 0.3 is 5.69 Å². The number of hydrogen-bond donors (Lipinski definition) is 0. The summed E-state index contributed by atoms with van der Waals surface area (Å²) >= 11 is 0. The molecule has 3 rings (SSSR count). The van der Waals surface area contributed by atoms with E-state index in [1.807, 2.05) is 0 Å². The quantitative estimate of drug-likeness (QED) is 0.520. The Morgan fingerprint density at radius 1 is 1.16 bits per heavy atom. The largest absolute Gasteiger partial charge is 0.436 e. The minimum atomic E-state index is -0.912. The molecule has 0 saturated heterocycles. The van der Waals surface area contributed by atoms with Crippen molar-refractivity contribution >= 4 is 16.8 Å². The number of aromatic nitrogens is 1. The average Bonchev–Trinajstić information content (AvgIpc) is 2.81. The maximum atomic E-state index is 13.5. The third kappa shape index (κ3) is 1.83. The van der Waals surface area contributed by atoms with Gasteiger partial charge in [0.15, 0.2) is 5.58 Å². The van der Waals surface area contributed by atoms with Crippen LogP contribution in [0.2, 0.25) is 0 Å². The van der Waals surface area contributed by atoms with E-state index in [0.29, 0.717) is 11.1 Å². The topological polar surface area (TPSA) is 69.2 Å². The maximum Gasteiger partial charge on any atom is 0.317 e. The normalized spacial score (nSPS) is 10.8. The van der Waals surface area contributed by atoms with Crippen molar-refractivity contribution in [3.8, 4) is 11.5 Å². The van der Waals surface area contributed by atoms with Crippen LogP contribution >= 0.6 is 0 Å². The fraction of sp³-hybridized carbons (Fsp3) is 0. The van der Waals surface area contributed by atoms with Gasteiger partial charge in [-0.25, -0.2) is 4.98 Å². The number of halogens is 1. The smallest absolute Gasteiger partial charge is 0.317 e. The molecule has 0 aliphatic rings. The molecule has 2 aromatic carbocycles. The summed E-state index contributed by atoms with van der Waals surface area (Å²) in [5, 5.41) is 10.9. The molecule has 5 nitrogen and oxygen atoms in total. The molecule has 0 aliphatic heterocycles. The third-order valence-electron chi connectivity index (χ3n) is 2.69. The van der Waals surface area contributed by atoms with Crippen molar-refractivity contribution in [1.29, 1.82) is 0 Å². The SMILES string of the molecule is O=[N+]([O-])c1c(F)cccc1-c1nc2ccccc2o1. The number of nitro groups is 1. The summed E-state index contributed by atoms with van der Waals surface area (Å²) in [4.78, 5) is 14.3. The molecule has 0 saturated carbocycles. The number of nitrogens with zero attached hydrogens (tertiary/aromatic N) is 2. The molecule has 0 fully saturated rings. The van der Waals surface area contributed by atoms with Crippen LogP contribution in [0.5, 0.6) is 0 Å². The molecule has 0 unspecified atom stereocenters. The first-order chi connectivity index (χ1) is 9.16. The highest BCUT2D eigenvalue weighted by Crippen LogP contribution is 2.33. The van der Waals surface area contributed by atoms with Gasteiger partial charge in [-0.05, 0) is 24.3 Å². The number of nitro benzene ring substituents is 1. The van der Waals surface area contributed by atoms with Crippen LogP contribution in [0.3, 0.4) is 0 Å². The van der Waals surface area contributed by atoms with Gasteiger partial charge in [-0.2, -0.15) is 4.39 Å². The molecule has 0 N–H and O–H groups in total. The summed E-state index contributed by atoms with van der Waals surface area (Å²) < 4.78 is 18.9. The lowest BCUT2D eigenvalue weighted by Crippen LogP contribution is -1.95. The van der Waals surface area contributed by atoms with E-state index >= 15 is 0 Å². The Kier molecular flexibility index (Phi) is 2.49. The van der Waals surface area contributed by atoms with E-state index in [1.54, 1.807) is 24.3 Å². The molecule has 1 heterocycles. The fourth-order valence-electron chi connectivity index (χ4n) is 1.86. The predicted octanol–water partition coefficient (Wildman–Crippen LogP) is 3.54. The van der Waals surface area contributed by atoms with Crippen LogP contribution in [0.1, 0.15) is 0 Å². The van der Waals surface area contributed by atoms with Crippen molar-refractivity contribution in [2.75, 3.05) is 0 Å². The van der Waals surface area contributed by atoms with Gasteiger partial charge in [0.2, 0.25) is 11.7 Å². The second kappa shape index (κ2) is 4.16. The van der Waals surface area contributed by atoms with E-state index in [2.05, 4.69) is 4.98 Å². The van der Waals surface area contributed by atoms with Gasteiger partial charge in [-0.15, -0.1) is 0 Å². The molecule has 94 valence electrons. The minimum Gasteiger partial charge on any atom is -0.436 e. The van der Waals surface area contributed by atoms with Crippen LogP contribution in [0.4, 0.5) is 10.1 Å². The Morgan fingerprint density at radius 2 is 1.95 bits per heavy atom. The molecule has 0 bridgehead atoms. The van der Waals surface area contributed by atoms with E-state index < -0.39 is 16.4 Å². The number of rotatable bonds is 2. The number of fused-ring (bicyclic) bond motifs is 1. The molecular weight excluding hydrogens is 251 g/mol. The van der Waals surface area contributed by atoms with Crippen molar-refractivity contribution in [1.82, 2.24) is 4.98 Å². The molecule has 3 aromatic rings. The molecular formula is C13H7FN2O3. The van der Waals surface area contributed by atoms with Gasteiger partial charge in [0.05, 0.1) is 4.92 Å². The standard InChI is InChI=1S/C13H7FN2O3/c14-9-5-3-4-8(12(9)16(17)18)13-15-10-6-1-2-7-11(10)19-13/h1-7H. The Hall–Kier alpha value is -2.76. The molecule has 0 atom stereocenters. The highest BCUT2D eigenvalue weighted by atomic mass is 19.1. The first-order valence-corrected chi connectivity index (χ1v) is 5.45. The van der Waals surface area contributed by atoms with Crippen LogP contribution in [0.15, 0.2) is 46.9 Å². The van der Waals surface area contributed by atoms with Gasteiger partial charge in [-0.1, -0.05) is 18.2 Å².